The van der Waals surface area contributed by atoms with Crippen LogP contribution >= 0.6 is 12.2 Å². The van der Waals surface area contributed by atoms with Gasteiger partial charge in [-0.3, -0.25) is 4.90 Å². The number of hydrogen-bond acceptors (Lipinski definition) is 5. The molecule has 114 valence electrons. The van der Waals surface area contributed by atoms with Crippen LogP contribution in [0.3, 0.4) is 0 Å². The summed E-state index contributed by atoms with van der Waals surface area (Å²) in [6.45, 7) is 0.681. The second-order valence-corrected chi connectivity index (χ2v) is 5.21. The smallest absolute Gasteiger partial charge is 0.414 e. The molecule has 0 aliphatic carbocycles. The number of hydrogen-bond donors (Lipinski definition) is 1. The predicted molar refractivity (Wildman–Crippen MR) is 79.9 cm³/mol. The number of aromatic nitrogens is 3. The highest BCUT2D eigenvalue weighted by molar-refractivity contribution is 7.80. The lowest BCUT2D eigenvalue weighted by Gasteiger charge is -2.14. The zero-order valence-electron chi connectivity index (χ0n) is 11.3. The van der Waals surface area contributed by atoms with Gasteiger partial charge in [-0.25, -0.2) is 13.9 Å². The molecule has 1 saturated heterocycles. The van der Waals surface area contributed by atoms with Crippen LogP contribution in [-0.2, 0) is 11.3 Å². The van der Waals surface area contributed by atoms with Crippen molar-refractivity contribution in [1.82, 2.24) is 15.0 Å². The Bertz CT molecular complexity index is 721. The fraction of sp³-hybridized carbons (Fsp3) is 0.231. The summed E-state index contributed by atoms with van der Waals surface area (Å²) in [6, 6.07) is 4.25. The Labute approximate surface area is 130 Å². The molecule has 22 heavy (non-hydrogen) atoms. The first-order chi connectivity index (χ1) is 10.5. The van der Waals surface area contributed by atoms with Crippen molar-refractivity contribution in [3.05, 3.63) is 42.0 Å². The zero-order valence-corrected chi connectivity index (χ0v) is 12.2. The maximum atomic E-state index is 13.9. The molecule has 1 amide bonds. The van der Waals surface area contributed by atoms with Crippen LogP contribution in [0.4, 0.5) is 14.9 Å². The summed E-state index contributed by atoms with van der Waals surface area (Å²) in [5.41, 5.74) is 5.95. The molecule has 2 heterocycles. The number of nitrogens with two attached hydrogens (primary N) is 1. The first kappa shape index (κ1) is 14.4. The molecule has 0 bridgehead atoms. The van der Waals surface area contributed by atoms with E-state index in [0.29, 0.717) is 18.8 Å². The van der Waals surface area contributed by atoms with Gasteiger partial charge < -0.3 is 10.5 Å². The van der Waals surface area contributed by atoms with Crippen LogP contribution in [0.15, 0.2) is 30.6 Å². The Kier molecular flexibility index (Phi) is 3.72. The van der Waals surface area contributed by atoms with E-state index in [1.54, 1.807) is 23.1 Å². The van der Waals surface area contributed by atoms with E-state index in [1.807, 2.05) is 0 Å². The number of halogens is 1. The van der Waals surface area contributed by atoms with E-state index in [2.05, 4.69) is 10.3 Å². The number of cyclic esters (lactones) is 1. The van der Waals surface area contributed by atoms with Crippen molar-refractivity contribution >= 4 is 29.0 Å². The van der Waals surface area contributed by atoms with E-state index in [-0.39, 0.29) is 16.7 Å². The Balaban J connectivity index is 1.76. The van der Waals surface area contributed by atoms with E-state index in [4.69, 9.17) is 22.7 Å². The molecule has 1 fully saturated rings. The third-order valence-electron chi connectivity index (χ3n) is 3.27. The number of carbonyl (C=O) groups excluding carboxylic acids is 1. The van der Waals surface area contributed by atoms with E-state index in [9.17, 15) is 9.18 Å². The number of thiocarbonyl (C=S) groups is 1. The molecule has 2 N–H and O–H groups in total. The van der Waals surface area contributed by atoms with Crippen LogP contribution in [0.25, 0.3) is 0 Å². The Hall–Kier alpha value is -2.55. The van der Waals surface area contributed by atoms with Crippen molar-refractivity contribution in [3.63, 3.8) is 0 Å². The molecule has 1 aliphatic heterocycles. The summed E-state index contributed by atoms with van der Waals surface area (Å²) in [5, 5.41) is 7.50. The number of nitrogens with zero attached hydrogens (tertiary/aromatic N) is 4. The average Bonchev–Trinajstić information content (AvgIpc) is 3.08. The lowest BCUT2D eigenvalue weighted by molar-refractivity contribution is 0.129. The first-order valence-corrected chi connectivity index (χ1v) is 6.87. The van der Waals surface area contributed by atoms with Crippen LogP contribution in [-0.4, -0.2) is 38.7 Å². The van der Waals surface area contributed by atoms with Crippen LogP contribution in [0.5, 0.6) is 0 Å². The van der Waals surface area contributed by atoms with Crippen LogP contribution in [0, 0.1) is 5.82 Å². The summed E-state index contributed by atoms with van der Waals surface area (Å²) >= 11 is 4.75. The zero-order chi connectivity index (χ0) is 15.7. The molecule has 0 radical (unpaired) electrons. The molecule has 2 aromatic rings. The van der Waals surface area contributed by atoms with Crippen LogP contribution in [0.1, 0.15) is 5.56 Å². The highest BCUT2D eigenvalue weighted by atomic mass is 32.1. The molecule has 1 aromatic carbocycles. The lowest BCUT2D eigenvalue weighted by atomic mass is 10.2. The van der Waals surface area contributed by atoms with E-state index in [1.165, 1.54) is 17.0 Å². The minimum atomic E-state index is -0.572. The molecule has 7 nitrogen and oxygen atoms in total. The molecule has 3 rings (SSSR count). The van der Waals surface area contributed by atoms with Gasteiger partial charge in [0.1, 0.15) is 16.9 Å². The number of ether oxygens (including phenoxy) is 1. The van der Waals surface area contributed by atoms with Crippen molar-refractivity contribution in [2.45, 2.75) is 12.6 Å². The van der Waals surface area contributed by atoms with Crippen molar-refractivity contribution in [3.8, 4) is 0 Å². The van der Waals surface area contributed by atoms with Gasteiger partial charge in [0, 0.05) is 11.8 Å². The number of rotatable bonds is 4. The summed E-state index contributed by atoms with van der Waals surface area (Å²) in [7, 11) is 0. The molecular weight excluding hydrogens is 309 g/mol. The van der Waals surface area contributed by atoms with Gasteiger partial charge in [0.05, 0.1) is 25.0 Å². The molecular formula is C13H12FN5O2S. The maximum absolute atomic E-state index is 13.9. The van der Waals surface area contributed by atoms with Gasteiger partial charge in [-0.05, 0) is 18.2 Å². The Morgan fingerprint density at radius 2 is 2.36 bits per heavy atom. The second-order valence-electron chi connectivity index (χ2n) is 4.77. The van der Waals surface area contributed by atoms with Gasteiger partial charge >= 0.3 is 6.09 Å². The minimum absolute atomic E-state index is 0.0305. The van der Waals surface area contributed by atoms with Crippen molar-refractivity contribution in [1.29, 1.82) is 0 Å². The SMILES string of the molecule is NC(=S)c1ccc(N2C[C@H](Cn3ccnn3)OC2=O)cc1F. The van der Waals surface area contributed by atoms with E-state index in [0.717, 1.165) is 0 Å². The molecule has 0 saturated carbocycles. The predicted octanol–water partition coefficient (Wildman–Crippen LogP) is 1.08. The monoisotopic (exact) mass is 321 g/mol. The molecule has 0 spiro atoms. The summed E-state index contributed by atoms with van der Waals surface area (Å²) in [4.78, 5) is 13.3. The van der Waals surface area contributed by atoms with Crippen LogP contribution in [0.2, 0.25) is 0 Å². The number of anilines is 1. The third kappa shape index (κ3) is 2.75. The lowest BCUT2D eigenvalue weighted by Crippen LogP contribution is -2.26. The second kappa shape index (κ2) is 5.68. The van der Waals surface area contributed by atoms with Crippen molar-refractivity contribution in [2.24, 2.45) is 5.73 Å². The molecule has 1 aliphatic rings. The molecule has 0 unspecified atom stereocenters. The highest BCUT2D eigenvalue weighted by Gasteiger charge is 2.33. The van der Waals surface area contributed by atoms with Gasteiger partial charge in [-0.1, -0.05) is 17.4 Å². The maximum Gasteiger partial charge on any atom is 0.414 e. The van der Waals surface area contributed by atoms with E-state index >= 15 is 0 Å². The number of carbonyl (C=O) groups is 1. The van der Waals surface area contributed by atoms with Crippen molar-refractivity contribution < 1.29 is 13.9 Å². The summed E-state index contributed by atoms with van der Waals surface area (Å²) < 4.78 is 20.7. The molecule has 9 heteroatoms. The van der Waals surface area contributed by atoms with E-state index < -0.39 is 11.9 Å². The topological polar surface area (TPSA) is 86.3 Å². The normalized spacial score (nSPS) is 17.6. The number of amides is 1. The van der Waals surface area contributed by atoms with Gasteiger partial charge in [0.25, 0.3) is 0 Å². The Morgan fingerprint density at radius 3 is 3.00 bits per heavy atom. The molecule has 1 aromatic heterocycles. The fourth-order valence-corrected chi connectivity index (χ4v) is 2.40. The first-order valence-electron chi connectivity index (χ1n) is 6.46. The highest BCUT2D eigenvalue weighted by Crippen LogP contribution is 2.24. The average molecular weight is 321 g/mol. The van der Waals surface area contributed by atoms with Gasteiger partial charge in [-0.2, -0.15) is 0 Å². The fourth-order valence-electron chi connectivity index (χ4n) is 2.24. The largest absolute Gasteiger partial charge is 0.442 e. The molecule has 1 atom stereocenters. The van der Waals surface area contributed by atoms with Crippen LogP contribution < -0.4 is 10.6 Å². The standard InChI is InChI=1S/C13H12FN5O2S/c14-11-5-8(1-2-10(11)12(15)22)19-7-9(21-13(19)20)6-18-4-3-16-17-18/h1-5,9H,6-7H2,(H2,15,22)/t9-/m0/s1. The Morgan fingerprint density at radius 1 is 1.55 bits per heavy atom. The van der Waals surface area contributed by atoms with Gasteiger partial charge in [-0.15, -0.1) is 5.10 Å². The van der Waals surface area contributed by atoms with Gasteiger partial charge in [0.15, 0.2) is 0 Å². The third-order valence-corrected chi connectivity index (χ3v) is 3.49. The van der Waals surface area contributed by atoms with Crippen molar-refractivity contribution in [2.75, 3.05) is 11.4 Å². The van der Waals surface area contributed by atoms with Gasteiger partial charge in [0.2, 0.25) is 0 Å². The summed E-state index contributed by atoms with van der Waals surface area (Å²) in [5.74, 6) is -0.572. The summed E-state index contributed by atoms with van der Waals surface area (Å²) in [6.07, 6.45) is 2.30. The quantitative estimate of drug-likeness (QED) is 0.848. The number of benzene rings is 1. The minimum Gasteiger partial charge on any atom is -0.442 e.